The molecule has 3 aromatic rings. The first-order chi connectivity index (χ1) is 14.4. The van der Waals surface area contributed by atoms with Gasteiger partial charge in [-0.3, -0.25) is 4.79 Å². The maximum Gasteiger partial charge on any atom is 0.341 e. The number of aromatic nitrogens is 1. The molecule has 8 heteroatoms. The van der Waals surface area contributed by atoms with Crippen LogP contribution in [-0.2, 0) is 9.53 Å². The van der Waals surface area contributed by atoms with Gasteiger partial charge in [-0.15, -0.1) is 0 Å². The van der Waals surface area contributed by atoms with Crippen LogP contribution in [0.5, 0.6) is 5.75 Å². The number of ether oxygens (including phenoxy) is 2. The fourth-order valence-corrected chi connectivity index (χ4v) is 3.59. The molecule has 1 amide bonds. The van der Waals surface area contributed by atoms with E-state index in [2.05, 4.69) is 9.88 Å². The number of carbonyl (C=O) groups excluding carboxylic acids is 2. The first kappa shape index (κ1) is 19.9. The van der Waals surface area contributed by atoms with Gasteiger partial charge < -0.3 is 19.4 Å². The molecule has 0 saturated heterocycles. The van der Waals surface area contributed by atoms with Crippen molar-refractivity contribution in [3.8, 4) is 5.75 Å². The van der Waals surface area contributed by atoms with E-state index in [9.17, 15) is 18.4 Å². The molecule has 156 valence electrons. The Balaban J connectivity index is 1.55. The molecule has 1 aromatic heterocycles. The van der Waals surface area contributed by atoms with Crippen LogP contribution in [0.3, 0.4) is 0 Å². The van der Waals surface area contributed by atoms with Crippen LogP contribution in [-0.4, -0.2) is 30.2 Å². The first-order valence-corrected chi connectivity index (χ1v) is 9.49. The summed E-state index contributed by atoms with van der Waals surface area (Å²) in [6, 6.07) is 8.53. The molecule has 1 fully saturated rings. The molecule has 0 radical (unpaired) electrons. The van der Waals surface area contributed by atoms with E-state index < -0.39 is 30.1 Å². The van der Waals surface area contributed by atoms with E-state index in [1.807, 2.05) is 19.1 Å². The Labute approximate surface area is 171 Å². The highest BCUT2D eigenvalue weighted by Crippen LogP contribution is 2.42. The fourth-order valence-electron chi connectivity index (χ4n) is 3.59. The monoisotopic (exact) mass is 414 g/mol. The number of benzene rings is 2. The van der Waals surface area contributed by atoms with Gasteiger partial charge in [-0.1, -0.05) is 0 Å². The normalized spacial score (nSPS) is 13.3. The van der Waals surface area contributed by atoms with Gasteiger partial charge >= 0.3 is 5.97 Å². The van der Waals surface area contributed by atoms with Gasteiger partial charge in [0.25, 0.3) is 5.91 Å². The van der Waals surface area contributed by atoms with Crippen molar-refractivity contribution >= 4 is 28.5 Å². The molecule has 0 bridgehead atoms. The second-order valence-corrected chi connectivity index (χ2v) is 7.19. The molecule has 1 aliphatic carbocycles. The molecule has 4 rings (SSSR count). The standard InChI is InChI=1S/C22H20F2N2O4/c1-12-21(16-10-15(29-2)6-8-19(16)26(12)14-4-5-14)22(28)30-11-20(27)25-18-9-13(23)3-7-17(18)24/h3,6-10,14H,4-5,11H2,1-2H3,(H,25,27). The highest BCUT2D eigenvalue weighted by Gasteiger charge is 2.31. The zero-order valence-corrected chi connectivity index (χ0v) is 16.5. The number of carbonyl (C=O) groups is 2. The zero-order valence-electron chi connectivity index (χ0n) is 16.5. The predicted octanol–water partition coefficient (Wildman–Crippen LogP) is 4.37. The lowest BCUT2D eigenvalue weighted by Gasteiger charge is -2.08. The van der Waals surface area contributed by atoms with Crippen LogP contribution in [0.1, 0.15) is 34.9 Å². The molecular weight excluding hydrogens is 394 g/mol. The van der Waals surface area contributed by atoms with E-state index in [1.165, 1.54) is 0 Å². The van der Waals surface area contributed by atoms with Crippen molar-refractivity contribution in [3.05, 3.63) is 59.3 Å². The van der Waals surface area contributed by atoms with Crippen molar-refractivity contribution < 1.29 is 27.8 Å². The number of rotatable bonds is 6. The summed E-state index contributed by atoms with van der Waals surface area (Å²) < 4.78 is 39.5. The molecule has 1 saturated carbocycles. The Hall–Kier alpha value is -3.42. The molecule has 0 unspecified atom stereocenters. The van der Waals surface area contributed by atoms with Crippen LogP contribution >= 0.6 is 0 Å². The van der Waals surface area contributed by atoms with Gasteiger partial charge in [-0.2, -0.15) is 0 Å². The van der Waals surface area contributed by atoms with Crippen molar-refractivity contribution in [2.75, 3.05) is 19.0 Å². The quantitative estimate of drug-likeness (QED) is 0.609. The second-order valence-electron chi connectivity index (χ2n) is 7.19. The number of nitrogens with one attached hydrogen (secondary N) is 1. The number of hydrogen-bond acceptors (Lipinski definition) is 4. The van der Waals surface area contributed by atoms with Crippen LogP contribution in [0, 0.1) is 18.6 Å². The van der Waals surface area contributed by atoms with Gasteiger partial charge in [-0.25, -0.2) is 13.6 Å². The molecular formula is C22H20F2N2O4. The summed E-state index contributed by atoms with van der Waals surface area (Å²) in [5.41, 5.74) is 1.69. The summed E-state index contributed by atoms with van der Waals surface area (Å²) in [6.45, 7) is 1.21. The lowest BCUT2D eigenvalue weighted by molar-refractivity contribution is -0.119. The molecule has 1 aliphatic rings. The Morgan fingerprint density at radius 2 is 1.93 bits per heavy atom. The summed E-state index contributed by atoms with van der Waals surface area (Å²) >= 11 is 0. The molecule has 1 heterocycles. The summed E-state index contributed by atoms with van der Waals surface area (Å²) in [5.74, 6) is -2.31. The number of halogens is 2. The Morgan fingerprint density at radius 1 is 1.17 bits per heavy atom. The first-order valence-electron chi connectivity index (χ1n) is 9.49. The van der Waals surface area contributed by atoms with Crippen molar-refractivity contribution in [3.63, 3.8) is 0 Å². The van der Waals surface area contributed by atoms with Crippen molar-refractivity contribution in [1.29, 1.82) is 0 Å². The second kappa shape index (κ2) is 7.78. The van der Waals surface area contributed by atoms with Crippen molar-refractivity contribution in [1.82, 2.24) is 4.57 Å². The maximum atomic E-state index is 13.7. The minimum absolute atomic E-state index is 0.317. The maximum absolute atomic E-state index is 13.7. The van der Waals surface area contributed by atoms with Gasteiger partial charge in [0.1, 0.15) is 17.4 Å². The summed E-state index contributed by atoms with van der Waals surface area (Å²) in [7, 11) is 1.54. The van der Waals surface area contributed by atoms with Crippen molar-refractivity contribution in [2.45, 2.75) is 25.8 Å². The molecule has 0 aliphatic heterocycles. The minimum Gasteiger partial charge on any atom is -0.497 e. The van der Waals surface area contributed by atoms with Crippen LogP contribution in [0.15, 0.2) is 36.4 Å². The number of nitrogens with zero attached hydrogens (tertiary/aromatic N) is 1. The lowest BCUT2D eigenvalue weighted by atomic mass is 10.1. The van der Waals surface area contributed by atoms with Crippen LogP contribution in [0.4, 0.5) is 14.5 Å². The average Bonchev–Trinajstić information content (AvgIpc) is 3.51. The number of amides is 1. The summed E-state index contributed by atoms with van der Waals surface area (Å²) in [5, 5.41) is 2.89. The third-order valence-electron chi connectivity index (χ3n) is 5.11. The van der Waals surface area contributed by atoms with Crippen LogP contribution in [0.2, 0.25) is 0 Å². The van der Waals surface area contributed by atoms with Crippen molar-refractivity contribution in [2.24, 2.45) is 0 Å². The molecule has 30 heavy (non-hydrogen) atoms. The average molecular weight is 414 g/mol. The SMILES string of the molecule is COc1ccc2c(c1)c(C(=O)OCC(=O)Nc1cc(F)ccc1F)c(C)n2C1CC1. The van der Waals surface area contributed by atoms with E-state index in [-0.39, 0.29) is 5.69 Å². The zero-order chi connectivity index (χ0) is 21.4. The van der Waals surface area contributed by atoms with Gasteiger partial charge in [0.05, 0.1) is 18.4 Å². The molecule has 1 N–H and O–H groups in total. The third-order valence-corrected chi connectivity index (χ3v) is 5.11. The number of hydrogen-bond donors (Lipinski definition) is 1. The topological polar surface area (TPSA) is 69.6 Å². The Morgan fingerprint density at radius 3 is 2.63 bits per heavy atom. The van der Waals surface area contributed by atoms with Gasteiger partial charge in [0.2, 0.25) is 0 Å². The van der Waals surface area contributed by atoms with E-state index in [4.69, 9.17) is 9.47 Å². The van der Waals surface area contributed by atoms with E-state index >= 15 is 0 Å². The highest BCUT2D eigenvalue weighted by molar-refractivity contribution is 6.07. The van der Waals surface area contributed by atoms with E-state index in [0.29, 0.717) is 22.7 Å². The predicted molar refractivity (Wildman–Crippen MR) is 107 cm³/mol. The largest absolute Gasteiger partial charge is 0.497 e. The third kappa shape index (κ3) is 3.72. The summed E-state index contributed by atoms with van der Waals surface area (Å²) in [4.78, 5) is 24.9. The lowest BCUT2D eigenvalue weighted by Crippen LogP contribution is -2.22. The summed E-state index contributed by atoms with van der Waals surface area (Å²) in [6.07, 6.45) is 2.07. The number of anilines is 1. The number of fused-ring (bicyclic) bond motifs is 1. The molecule has 2 aromatic carbocycles. The van der Waals surface area contributed by atoms with Gasteiger partial charge in [0, 0.05) is 28.7 Å². The minimum atomic E-state index is -0.786. The van der Waals surface area contributed by atoms with Crippen LogP contribution < -0.4 is 10.1 Å². The fraction of sp³-hybridized carbons (Fsp3) is 0.273. The van der Waals surface area contributed by atoms with E-state index in [1.54, 1.807) is 13.2 Å². The molecule has 0 spiro atoms. The van der Waals surface area contributed by atoms with Crippen LogP contribution in [0.25, 0.3) is 10.9 Å². The van der Waals surface area contributed by atoms with Gasteiger partial charge in [0.15, 0.2) is 6.61 Å². The molecule has 6 nitrogen and oxygen atoms in total. The number of methoxy groups -OCH3 is 1. The molecule has 0 atom stereocenters. The number of esters is 1. The Kier molecular flexibility index (Phi) is 5.15. The smallest absolute Gasteiger partial charge is 0.341 e. The van der Waals surface area contributed by atoms with Gasteiger partial charge in [-0.05, 0) is 50.1 Å². The Bertz CT molecular complexity index is 1150. The highest BCUT2D eigenvalue weighted by atomic mass is 19.1. The van der Waals surface area contributed by atoms with E-state index in [0.717, 1.165) is 42.3 Å².